The molecule has 1 aliphatic heterocycles. The lowest BCUT2D eigenvalue weighted by atomic mass is 9.83. The van der Waals surface area contributed by atoms with Crippen molar-refractivity contribution >= 4 is 33.1 Å². The van der Waals surface area contributed by atoms with Crippen LogP contribution in [0.4, 0.5) is 4.39 Å². The van der Waals surface area contributed by atoms with Crippen LogP contribution in [-0.4, -0.2) is 36.8 Å². The summed E-state index contributed by atoms with van der Waals surface area (Å²) in [5, 5.41) is 0. The predicted molar refractivity (Wildman–Crippen MR) is 127 cm³/mol. The Balaban J connectivity index is 1.51. The van der Waals surface area contributed by atoms with E-state index in [0.29, 0.717) is 16.6 Å². The van der Waals surface area contributed by atoms with Crippen molar-refractivity contribution in [2.75, 3.05) is 7.05 Å². The lowest BCUT2D eigenvalue weighted by Gasteiger charge is -2.26. The van der Waals surface area contributed by atoms with Gasteiger partial charge in [0.2, 0.25) is 0 Å². The van der Waals surface area contributed by atoms with Gasteiger partial charge >= 0.3 is 15.9 Å². The minimum atomic E-state index is -4.27. The second kappa shape index (κ2) is 8.05. The molecule has 3 aromatic carbocycles. The molecule has 0 spiro atoms. The molecule has 4 aromatic rings. The first-order chi connectivity index (χ1) is 17.0. The molecule has 2 heterocycles. The number of aryl methyl sites for hydroxylation is 1. The van der Waals surface area contributed by atoms with Crippen LogP contribution in [0.25, 0.3) is 11.1 Å². The monoisotopic (exact) mass is 510 g/mol. The zero-order valence-electron chi connectivity index (χ0n) is 19.0. The number of carbonyl (C=O) groups excluding carboxylic acids is 1. The molecule has 1 amide bonds. The van der Waals surface area contributed by atoms with E-state index < -0.39 is 33.1 Å². The highest BCUT2D eigenvalue weighted by atomic mass is 32.2. The largest absolute Gasteiger partial charge is 0.419 e. The Morgan fingerprint density at radius 2 is 1.58 bits per heavy atom. The number of benzene rings is 3. The van der Waals surface area contributed by atoms with Gasteiger partial charge < -0.3 is 14.3 Å². The first-order valence-corrected chi connectivity index (χ1v) is 12.0. The molecule has 1 unspecified atom stereocenters. The Bertz CT molecular complexity index is 1710. The SMILES string of the molecule is CN1C(=O)C(c2ccc(F)cc2)(c2ccc(OS(=O)(=O)c3ccc4oc(=O)n(C)c4c3)cc2)N=C1N. The van der Waals surface area contributed by atoms with E-state index in [0.717, 1.165) is 0 Å². The van der Waals surface area contributed by atoms with Crippen molar-refractivity contribution in [2.45, 2.75) is 10.4 Å². The molecule has 0 fully saturated rings. The maximum Gasteiger partial charge on any atom is 0.419 e. The fourth-order valence-corrected chi connectivity index (χ4v) is 5.02. The number of nitrogens with zero attached hydrogens (tertiary/aromatic N) is 3. The Kier molecular flexibility index (Phi) is 5.21. The number of likely N-dealkylation sites (N-methyl/N-ethyl adjacent to an activating group) is 1. The molecule has 0 bridgehead atoms. The highest BCUT2D eigenvalue weighted by Gasteiger charge is 2.49. The topological polar surface area (TPSA) is 137 Å². The van der Waals surface area contributed by atoms with E-state index in [-0.39, 0.29) is 22.2 Å². The van der Waals surface area contributed by atoms with E-state index in [1.165, 1.54) is 90.3 Å². The number of carbonyl (C=O) groups is 1. The lowest BCUT2D eigenvalue weighted by molar-refractivity contribution is -0.129. The standard InChI is InChI=1S/C24H19FN4O6S/c1-28-19-13-18(11-12-20(19)34-23(28)31)36(32,33)35-17-9-5-15(6-10-17)24(14-3-7-16(25)8-4-14)21(30)29(2)22(26)27-24/h3-13H,1-2H3,(H2,26,27). The van der Waals surface area contributed by atoms with Gasteiger partial charge in [-0.25, -0.2) is 14.2 Å². The van der Waals surface area contributed by atoms with Gasteiger partial charge in [-0.3, -0.25) is 14.3 Å². The molecule has 10 nitrogen and oxygen atoms in total. The summed E-state index contributed by atoms with van der Waals surface area (Å²) in [5.74, 6) is -1.60. The molecular formula is C24H19FN4O6S. The van der Waals surface area contributed by atoms with E-state index in [4.69, 9.17) is 14.3 Å². The molecule has 1 aliphatic rings. The molecular weight excluding hydrogens is 491 g/mol. The second-order valence-corrected chi connectivity index (χ2v) is 9.72. The minimum Gasteiger partial charge on any atom is -0.408 e. The van der Waals surface area contributed by atoms with Crippen LogP contribution in [-0.2, 0) is 27.5 Å². The molecule has 12 heteroatoms. The van der Waals surface area contributed by atoms with Crippen molar-refractivity contribution in [3.8, 4) is 5.75 Å². The van der Waals surface area contributed by atoms with Crippen LogP contribution in [0.2, 0.25) is 0 Å². The molecule has 36 heavy (non-hydrogen) atoms. The Labute approximate surface area is 204 Å². The van der Waals surface area contributed by atoms with Crippen molar-refractivity contribution in [2.24, 2.45) is 17.8 Å². The molecule has 2 N–H and O–H groups in total. The predicted octanol–water partition coefficient (Wildman–Crippen LogP) is 2.07. The number of fused-ring (bicyclic) bond motifs is 1. The molecule has 0 aliphatic carbocycles. The van der Waals surface area contributed by atoms with Gasteiger partial charge in [0.25, 0.3) is 5.91 Å². The van der Waals surface area contributed by atoms with Crippen molar-refractivity contribution in [1.82, 2.24) is 9.47 Å². The number of hydrogen-bond acceptors (Lipinski definition) is 8. The summed E-state index contributed by atoms with van der Waals surface area (Å²) in [6.07, 6.45) is 0. The third-order valence-corrected chi connectivity index (χ3v) is 7.27. The Hall–Kier alpha value is -4.45. The third kappa shape index (κ3) is 3.53. The smallest absolute Gasteiger partial charge is 0.408 e. The molecule has 0 saturated carbocycles. The van der Waals surface area contributed by atoms with Crippen molar-refractivity contribution < 1.29 is 26.2 Å². The van der Waals surface area contributed by atoms with Crippen LogP contribution in [0, 0.1) is 5.82 Å². The van der Waals surface area contributed by atoms with Crippen molar-refractivity contribution in [3.05, 3.63) is 94.2 Å². The molecule has 0 radical (unpaired) electrons. The van der Waals surface area contributed by atoms with Crippen LogP contribution in [0.15, 0.2) is 85.8 Å². The maximum atomic E-state index is 13.6. The average molecular weight is 511 g/mol. The first-order valence-electron chi connectivity index (χ1n) is 10.6. The minimum absolute atomic E-state index is 0.0173. The molecule has 184 valence electrons. The number of aromatic nitrogens is 1. The highest BCUT2D eigenvalue weighted by molar-refractivity contribution is 7.87. The number of hydrogen-bond donors (Lipinski definition) is 1. The van der Waals surface area contributed by atoms with Gasteiger partial charge in [-0.2, -0.15) is 8.42 Å². The van der Waals surface area contributed by atoms with Gasteiger partial charge in [0.05, 0.1) is 5.52 Å². The normalized spacial score (nSPS) is 18.0. The van der Waals surface area contributed by atoms with E-state index in [1.54, 1.807) is 0 Å². The van der Waals surface area contributed by atoms with Gasteiger partial charge in [-0.05, 0) is 53.6 Å². The van der Waals surface area contributed by atoms with Gasteiger partial charge in [0, 0.05) is 14.1 Å². The summed E-state index contributed by atoms with van der Waals surface area (Å²) in [5.41, 5.74) is 5.66. The Morgan fingerprint density at radius 1 is 0.972 bits per heavy atom. The summed E-state index contributed by atoms with van der Waals surface area (Å²) < 4.78 is 50.8. The van der Waals surface area contributed by atoms with Crippen LogP contribution < -0.4 is 15.7 Å². The second-order valence-electron chi connectivity index (χ2n) is 8.17. The van der Waals surface area contributed by atoms with E-state index >= 15 is 0 Å². The van der Waals surface area contributed by atoms with Crippen LogP contribution in [0.5, 0.6) is 5.75 Å². The summed E-state index contributed by atoms with van der Waals surface area (Å²) >= 11 is 0. The van der Waals surface area contributed by atoms with Crippen LogP contribution in [0.3, 0.4) is 0 Å². The highest BCUT2D eigenvalue weighted by Crippen LogP contribution is 2.40. The van der Waals surface area contributed by atoms with Crippen LogP contribution >= 0.6 is 0 Å². The quantitative estimate of drug-likeness (QED) is 0.406. The van der Waals surface area contributed by atoms with Crippen LogP contribution in [0.1, 0.15) is 11.1 Å². The molecule has 1 aromatic heterocycles. The van der Waals surface area contributed by atoms with Gasteiger partial charge in [0.1, 0.15) is 16.5 Å². The average Bonchev–Trinajstić information content (AvgIpc) is 3.27. The summed E-state index contributed by atoms with van der Waals surface area (Å²) in [7, 11) is -1.33. The number of rotatable bonds is 5. The van der Waals surface area contributed by atoms with E-state index in [9.17, 15) is 22.4 Å². The zero-order valence-corrected chi connectivity index (χ0v) is 19.8. The third-order valence-electron chi connectivity index (χ3n) is 6.03. The van der Waals surface area contributed by atoms with Gasteiger partial charge in [0.15, 0.2) is 17.1 Å². The first kappa shape index (κ1) is 23.3. The molecule has 1 atom stereocenters. The zero-order chi connectivity index (χ0) is 25.8. The number of guanidine groups is 1. The maximum absolute atomic E-state index is 13.6. The van der Waals surface area contributed by atoms with Crippen molar-refractivity contribution in [1.29, 1.82) is 0 Å². The fraction of sp³-hybridized carbons (Fsp3) is 0.125. The number of amides is 1. The number of nitrogens with two attached hydrogens (primary N) is 1. The number of oxazole rings is 1. The lowest BCUT2D eigenvalue weighted by Crippen LogP contribution is -2.41. The summed E-state index contributed by atoms with van der Waals surface area (Å²) in [6.45, 7) is 0. The fourth-order valence-electron chi connectivity index (χ4n) is 4.06. The summed E-state index contributed by atoms with van der Waals surface area (Å²) in [6, 6.07) is 15.0. The summed E-state index contributed by atoms with van der Waals surface area (Å²) in [4.78, 5) is 30.3. The molecule has 0 saturated heterocycles. The van der Waals surface area contributed by atoms with E-state index in [2.05, 4.69) is 4.99 Å². The van der Waals surface area contributed by atoms with Gasteiger partial charge in [-0.1, -0.05) is 24.3 Å². The Morgan fingerprint density at radius 3 is 2.17 bits per heavy atom. The van der Waals surface area contributed by atoms with Gasteiger partial charge in [-0.15, -0.1) is 0 Å². The van der Waals surface area contributed by atoms with Crippen molar-refractivity contribution in [3.63, 3.8) is 0 Å². The molecule has 5 rings (SSSR count). The van der Waals surface area contributed by atoms with E-state index in [1.807, 2.05) is 0 Å². The number of aliphatic imine (C=N–C) groups is 1. The number of halogens is 1.